The standard InChI is InChI=1S/C17H17ClN2O2/c18-16-9-7-13-11-20(17(21)22)14(10-15(13)19-16)8-6-12-4-2-1-3-5-12/h1-5,7,9,14H,6,8,10-11H2,(H,21,22). The lowest BCUT2D eigenvalue weighted by atomic mass is 9.94. The van der Waals surface area contributed by atoms with E-state index in [4.69, 9.17) is 11.6 Å². The second-order valence-electron chi connectivity index (χ2n) is 5.53. The van der Waals surface area contributed by atoms with Crippen molar-refractivity contribution in [3.05, 3.63) is 64.4 Å². The number of aryl methyl sites for hydroxylation is 1. The Kier molecular flexibility index (Phi) is 4.29. The zero-order valence-corrected chi connectivity index (χ0v) is 12.8. The molecule has 0 spiro atoms. The normalized spacial score (nSPS) is 17.1. The quantitative estimate of drug-likeness (QED) is 0.877. The molecule has 5 heteroatoms. The highest BCUT2D eigenvalue weighted by atomic mass is 35.5. The number of benzene rings is 1. The molecule has 2 aromatic rings. The maximum absolute atomic E-state index is 11.5. The minimum Gasteiger partial charge on any atom is -0.465 e. The predicted octanol–water partition coefficient (Wildman–Crippen LogP) is 3.77. The first-order valence-corrected chi connectivity index (χ1v) is 7.69. The summed E-state index contributed by atoms with van der Waals surface area (Å²) in [5.74, 6) is 0. The van der Waals surface area contributed by atoms with E-state index in [1.807, 2.05) is 24.3 Å². The second kappa shape index (κ2) is 6.36. The molecule has 1 atom stereocenters. The van der Waals surface area contributed by atoms with Crippen molar-refractivity contribution in [3.63, 3.8) is 0 Å². The fourth-order valence-electron chi connectivity index (χ4n) is 2.93. The van der Waals surface area contributed by atoms with Gasteiger partial charge in [-0.1, -0.05) is 48.0 Å². The van der Waals surface area contributed by atoms with Gasteiger partial charge in [0.25, 0.3) is 0 Å². The SMILES string of the molecule is O=C(O)N1Cc2ccc(Cl)nc2CC1CCc1ccccc1. The van der Waals surface area contributed by atoms with Crippen molar-refractivity contribution >= 4 is 17.7 Å². The molecule has 1 N–H and O–H groups in total. The first kappa shape index (κ1) is 14.9. The molecule has 0 aliphatic carbocycles. The van der Waals surface area contributed by atoms with Gasteiger partial charge < -0.3 is 10.0 Å². The topological polar surface area (TPSA) is 53.4 Å². The van der Waals surface area contributed by atoms with Crippen LogP contribution in [0.15, 0.2) is 42.5 Å². The van der Waals surface area contributed by atoms with Crippen molar-refractivity contribution in [1.29, 1.82) is 0 Å². The van der Waals surface area contributed by atoms with Gasteiger partial charge in [0, 0.05) is 18.2 Å². The van der Waals surface area contributed by atoms with Gasteiger partial charge in [-0.25, -0.2) is 9.78 Å². The smallest absolute Gasteiger partial charge is 0.407 e. The van der Waals surface area contributed by atoms with E-state index in [0.29, 0.717) is 18.1 Å². The highest BCUT2D eigenvalue weighted by Crippen LogP contribution is 2.26. The van der Waals surface area contributed by atoms with Crippen LogP contribution in [0, 0.1) is 0 Å². The molecule has 0 fully saturated rings. The van der Waals surface area contributed by atoms with E-state index < -0.39 is 6.09 Å². The maximum Gasteiger partial charge on any atom is 0.407 e. The molecule has 1 amide bonds. The molecule has 1 unspecified atom stereocenters. The molecule has 1 aliphatic rings. The molecule has 0 saturated heterocycles. The molecule has 3 rings (SSSR count). The number of hydrogen-bond acceptors (Lipinski definition) is 2. The summed E-state index contributed by atoms with van der Waals surface area (Å²) < 4.78 is 0. The summed E-state index contributed by atoms with van der Waals surface area (Å²) in [6, 6.07) is 13.6. The Morgan fingerprint density at radius 2 is 2.05 bits per heavy atom. The number of carboxylic acid groups (broad SMARTS) is 1. The van der Waals surface area contributed by atoms with E-state index in [1.165, 1.54) is 10.5 Å². The van der Waals surface area contributed by atoms with Crippen LogP contribution in [0.4, 0.5) is 4.79 Å². The Hall–Kier alpha value is -2.07. The summed E-state index contributed by atoms with van der Waals surface area (Å²) in [6.45, 7) is 0.383. The third kappa shape index (κ3) is 3.22. The average molecular weight is 317 g/mol. The predicted molar refractivity (Wildman–Crippen MR) is 85.1 cm³/mol. The number of amides is 1. The monoisotopic (exact) mass is 316 g/mol. The van der Waals surface area contributed by atoms with Gasteiger partial charge in [0.15, 0.2) is 0 Å². The van der Waals surface area contributed by atoms with Gasteiger partial charge in [-0.3, -0.25) is 0 Å². The summed E-state index contributed by atoms with van der Waals surface area (Å²) in [4.78, 5) is 17.4. The van der Waals surface area contributed by atoms with Gasteiger partial charge in [-0.05, 0) is 30.0 Å². The molecule has 0 bridgehead atoms. The highest BCUT2D eigenvalue weighted by molar-refractivity contribution is 6.29. The minimum absolute atomic E-state index is 0.0591. The van der Waals surface area contributed by atoms with Gasteiger partial charge in [0.1, 0.15) is 5.15 Å². The number of pyridine rings is 1. The van der Waals surface area contributed by atoms with Crippen LogP contribution in [0.1, 0.15) is 23.2 Å². The lowest BCUT2D eigenvalue weighted by molar-refractivity contribution is 0.111. The number of halogens is 1. The maximum atomic E-state index is 11.5. The zero-order valence-electron chi connectivity index (χ0n) is 12.1. The van der Waals surface area contributed by atoms with Crippen molar-refractivity contribution < 1.29 is 9.90 Å². The van der Waals surface area contributed by atoms with Gasteiger partial charge >= 0.3 is 6.09 Å². The number of aromatic nitrogens is 1. The lowest BCUT2D eigenvalue weighted by Gasteiger charge is -2.34. The minimum atomic E-state index is -0.876. The first-order chi connectivity index (χ1) is 10.6. The number of fused-ring (bicyclic) bond motifs is 1. The largest absolute Gasteiger partial charge is 0.465 e. The van der Waals surface area contributed by atoms with Crippen LogP contribution >= 0.6 is 11.6 Å². The number of hydrogen-bond donors (Lipinski definition) is 1. The summed E-state index contributed by atoms with van der Waals surface area (Å²) in [5, 5.41) is 9.93. The van der Waals surface area contributed by atoms with Gasteiger partial charge in [0.2, 0.25) is 0 Å². The van der Waals surface area contributed by atoms with Crippen LogP contribution in [0.2, 0.25) is 5.15 Å². The van der Waals surface area contributed by atoms with Gasteiger partial charge in [0.05, 0.1) is 6.54 Å². The third-order valence-corrected chi connectivity index (χ3v) is 4.31. The van der Waals surface area contributed by atoms with Crippen LogP contribution in [-0.2, 0) is 19.4 Å². The average Bonchev–Trinajstić information content (AvgIpc) is 2.52. The molecule has 22 heavy (non-hydrogen) atoms. The summed E-state index contributed by atoms with van der Waals surface area (Å²) in [6.07, 6.45) is 1.38. The second-order valence-corrected chi connectivity index (χ2v) is 5.92. The molecule has 1 aromatic carbocycles. The summed E-state index contributed by atoms with van der Waals surface area (Å²) in [7, 11) is 0. The number of rotatable bonds is 3. The van der Waals surface area contributed by atoms with Crippen LogP contribution in [0.5, 0.6) is 0 Å². The third-order valence-electron chi connectivity index (χ3n) is 4.10. The van der Waals surface area contributed by atoms with Crippen LogP contribution in [0.3, 0.4) is 0 Å². The van der Waals surface area contributed by atoms with Crippen LogP contribution in [0.25, 0.3) is 0 Å². The number of nitrogens with zero attached hydrogens (tertiary/aromatic N) is 2. The Morgan fingerprint density at radius 1 is 1.27 bits per heavy atom. The van der Waals surface area contributed by atoms with E-state index in [9.17, 15) is 9.90 Å². The Morgan fingerprint density at radius 3 is 2.77 bits per heavy atom. The van der Waals surface area contributed by atoms with Crippen molar-refractivity contribution in [2.75, 3.05) is 0 Å². The number of carbonyl (C=O) groups is 1. The molecule has 1 aliphatic heterocycles. The van der Waals surface area contributed by atoms with E-state index in [2.05, 4.69) is 17.1 Å². The molecule has 2 heterocycles. The molecule has 1 aromatic heterocycles. The zero-order chi connectivity index (χ0) is 15.5. The molecule has 0 radical (unpaired) electrons. The van der Waals surface area contributed by atoms with Crippen molar-refractivity contribution in [3.8, 4) is 0 Å². The molecule has 4 nitrogen and oxygen atoms in total. The van der Waals surface area contributed by atoms with Crippen molar-refractivity contribution in [1.82, 2.24) is 9.88 Å². The molecule has 0 saturated carbocycles. The van der Waals surface area contributed by atoms with E-state index in [-0.39, 0.29) is 6.04 Å². The van der Waals surface area contributed by atoms with Crippen LogP contribution in [-0.4, -0.2) is 27.1 Å². The van der Waals surface area contributed by atoms with Gasteiger partial charge in [-0.2, -0.15) is 0 Å². The highest BCUT2D eigenvalue weighted by Gasteiger charge is 2.30. The Labute approximate surface area is 134 Å². The van der Waals surface area contributed by atoms with Crippen molar-refractivity contribution in [2.45, 2.75) is 31.8 Å². The molecular weight excluding hydrogens is 300 g/mol. The van der Waals surface area contributed by atoms with E-state index in [1.54, 1.807) is 6.07 Å². The summed E-state index contributed by atoms with van der Waals surface area (Å²) in [5.41, 5.74) is 3.09. The fourth-order valence-corrected chi connectivity index (χ4v) is 3.09. The lowest BCUT2D eigenvalue weighted by Crippen LogP contribution is -2.44. The summed E-state index contributed by atoms with van der Waals surface area (Å²) >= 11 is 5.96. The fraction of sp³-hybridized carbons (Fsp3) is 0.294. The van der Waals surface area contributed by atoms with Crippen LogP contribution < -0.4 is 0 Å². The Balaban J connectivity index is 1.77. The molecular formula is C17H17ClN2O2. The van der Waals surface area contributed by atoms with E-state index in [0.717, 1.165) is 24.1 Å². The van der Waals surface area contributed by atoms with Gasteiger partial charge in [-0.15, -0.1) is 0 Å². The van der Waals surface area contributed by atoms with E-state index >= 15 is 0 Å². The Bertz CT molecular complexity index is 676. The molecule has 114 valence electrons. The van der Waals surface area contributed by atoms with Crippen molar-refractivity contribution in [2.24, 2.45) is 0 Å². The first-order valence-electron chi connectivity index (χ1n) is 7.31.